The number of aryl methyl sites for hydroxylation is 1. The van der Waals surface area contributed by atoms with Crippen molar-refractivity contribution in [1.82, 2.24) is 19.5 Å². The zero-order chi connectivity index (χ0) is 30.2. The van der Waals surface area contributed by atoms with E-state index in [9.17, 15) is 9.59 Å². The number of benzene rings is 1. The highest BCUT2D eigenvalue weighted by Gasteiger charge is 2.37. The summed E-state index contributed by atoms with van der Waals surface area (Å²) in [4.78, 5) is 39.7. The lowest BCUT2D eigenvalue weighted by atomic mass is 10.0. The first-order valence-electron chi connectivity index (χ1n) is 14.7. The highest BCUT2D eigenvalue weighted by atomic mass is 28.4. The van der Waals surface area contributed by atoms with Crippen LogP contribution in [-0.4, -0.2) is 33.6 Å². The molecule has 0 bridgehead atoms. The molecule has 0 aliphatic heterocycles. The van der Waals surface area contributed by atoms with Gasteiger partial charge in [0.15, 0.2) is 14.1 Å². The molecule has 0 amide bonds. The minimum atomic E-state index is -1.80. The zero-order valence-electron chi connectivity index (χ0n) is 25.7. The van der Waals surface area contributed by atoms with Crippen LogP contribution >= 0.6 is 0 Å². The van der Waals surface area contributed by atoms with Crippen LogP contribution in [0.5, 0.6) is 0 Å². The Hall–Kier alpha value is -3.69. The Morgan fingerprint density at radius 3 is 2.29 bits per heavy atom. The van der Waals surface area contributed by atoms with E-state index < -0.39 is 8.32 Å². The number of carbonyl (C=O) groups is 1. The first-order valence-corrected chi connectivity index (χ1v) is 17.7. The molecule has 0 unspecified atom stereocenters. The monoisotopic (exact) mass is 583 g/mol. The van der Waals surface area contributed by atoms with Gasteiger partial charge in [0.25, 0.3) is 5.56 Å². The Labute approximate surface area is 248 Å². The summed E-state index contributed by atoms with van der Waals surface area (Å²) < 4.78 is 8.08. The number of nitrogens with one attached hydrogen (secondary N) is 1. The maximum absolute atomic E-state index is 13.5. The summed E-state index contributed by atoms with van der Waals surface area (Å²) in [6, 6.07) is 12.4. The Balaban J connectivity index is 1.35. The SMILES string of the molecule is CC(=O)c1c(C)c2cnc(Nc3ccc(-c4ccc(CO[Si](C)(C)C(C)(C)C)cc4)cn3)nc2n(C2CCCC2)c1=O. The number of anilines is 2. The molecule has 220 valence electrons. The number of fused-ring (bicyclic) bond motifs is 1. The summed E-state index contributed by atoms with van der Waals surface area (Å²) in [6.45, 7) is 15.2. The molecule has 0 atom stereocenters. The van der Waals surface area contributed by atoms with Gasteiger partial charge in [-0.25, -0.2) is 9.97 Å². The molecule has 1 aliphatic carbocycles. The van der Waals surface area contributed by atoms with Crippen LogP contribution in [0.4, 0.5) is 11.8 Å². The molecule has 8 nitrogen and oxygen atoms in total. The molecule has 0 radical (unpaired) electrons. The average Bonchev–Trinajstić information content (AvgIpc) is 3.46. The Morgan fingerprint density at radius 1 is 1.02 bits per heavy atom. The molecule has 5 rings (SSSR count). The van der Waals surface area contributed by atoms with E-state index in [0.29, 0.717) is 29.6 Å². The van der Waals surface area contributed by atoms with Gasteiger partial charge < -0.3 is 9.74 Å². The first-order chi connectivity index (χ1) is 19.9. The Kier molecular flexibility index (Phi) is 8.18. The quantitative estimate of drug-likeness (QED) is 0.167. The molecule has 9 heteroatoms. The number of carbonyl (C=O) groups excluding carboxylic acids is 1. The normalized spacial score (nSPS) is 14.5. The minimum absolute atomic E-state index is 0.0314. The van der Waals surface area contributed by atoms with Crippen molar-refractivity contribution in [3.63, 3.8) is 0 Å². The van der Waals surface area contributed by atoms with Crippen LogP contribution in [-0.2, 0) is 11.0 Å². The summed E-state index contributed by atoms with van der Waals surface area (Å²) >= 11 is 0. The number of nitrogens with zero attached hydrogens (tertiary/aromatic N) is 4. The number of Topliss-reactive ketones (excluding diaryl/α,β-unsaturated/α-hetero) is 1. The molecular weight excluding hydrogens is 542 g/mol. The van der Waals surface area contributed by atoms with E-state index in [1.165, 1.54) is 6.92 Å². The van der Waals surface area contributed by atoms with Gasteiger partial charge in [-0.15, -0.1) is 0 Å². The molecule has 3 aromatic heterocycles. The zero-order valence-corrected chi connectivity index (χ0v) is 26.7. The van der Waals surface area contributed by atoms with Crippen molar-refractivity contribution in [3.05, 3.63) is 75.8 Å². The first kappa shape index (κ1) is 29.8. The number of hydrogen-bond donors (Lipinski definition) is 1. The van der Waals surface area contributed by atoms with Crippen LogP contribution in [0.2, 0.25) is 18.1 Å². The van der Waals surface area contributed by atoms with Crippen LogP contribution in [0.3, 0.4) is 0 Å². The summed E-state index contributed by atoms with van der Waals surface area (Å²) in [6.07, 6.45) is 7.43. The van der Waals surface area contributed by atoms with Crippen molar-refractivity contribution in [2.45, 2.75) is 91.1 Å². The van der Waals surface area contributed by atoms with Gasteiger partial charge >= 0.3 is 0 Å². The summed E-state index contributed by atoms with van der Waals surface area (Å²) in [5, 5.41) is 4.09. The number of hydrogen-bond acceptors (Lipinski definition) is 7. The van der Waals surface area contributed by atoms with E-state index in [-0.39, 0.29) is 28.0 Å². The second kappa shape index (κ2) is 11.5. The molecule has 0 spiro atoms. The van der Waals surface area contributed by atoms with Crippen LogP contribution in [0.1, 0.15) is 80.9 Å². The van der Waals surface area contributed by atoms with E-state index in [1.54, 1.807) is 17.7 Å². The predicted octanol–water partition coefficient (Wildman–Crippen LogP) is 7.75. The minimum Gasteiger partial charge on any atom is -0.413 e. The van der Waals surface area contributed by atoms with Gasteiger partial charge in [0.1, 0.15) is 11.5 Å². The maximum atomic E-state index is 13.5. The van der Waals surface area contributed by atoms with Gasteiger partial charge in [-0.2, -0.15) is 4.98 Å². The third-order valence-corrected chi connectivity index (χ3v) is 13.4. The molecule has 1 aromatic carbocycles. The molecule has 1 saturated carbocycles. The highest BCUT2D eigenvalue weighted by Crippen LogP contribution is 2.37. The van der Waals surface area contributed by atoms with Crippen molar-refractivity contribution in [1.29, 1.82) is 0 Å². The molecular formula is C33H41N5O3Si. The summed E-state index contributed by atoms with van der Waals surface area (Å²) in [5.41, 5.74) is 4.38. The molecule has 0 saturated heterocycles. The van der Waals surface area contributed by atoms with Crippen molar-refractivity contribution in [2.75, 3.05) is 5.32 Å². The molecule has 3 heterocycles. The topological polar surface area (TPSA) is 99.0 Å². The van der Waals surface area contributed by atoms with Gasteiger partial charge in [-0.05, 0) is 73.6 Å². The van der Waals surface area contributed by atoms with Crippen LogP contribution in [0, 0.1) is 6.92 Å². The maximum Gasteiger partial charge on any atom is 0.263 e. The third kappa shape index (κ3) is 5.94. The average molecular weight is 584 g/mol. The second-order valence-corrected chi connectivity index (χ2v) is 17.7. The number of rotatable bonds is 8. The van der Waals surface area contributed by atoms with E-state index in [2.05, 4.69) is 73.4 Å². The van der Waals surface area contributed by atoms with Crippen molar-refractivity contribution >= 4 is 36.9 Å². The molecule has 1 N–H and O–H groups in total. The predicted molar refractivity (Wildman–Crippen MR) is 171 cm³/mol. The lowest BCUT2D eigenvalue weighted by molar-refractivity contribution is 0.101. The van der Waals surface area contributed by atoms with Crippen molar-refractivity contribution in [2.24, 2.45) is 0 Å². The summed E-state index contributed by atoms with van der Waals surface area (Å²) in [7, 11) is -1.80. The lowest BCUT2D eigenvalue weighted by Gasteiger charge is -2.36. The molecule has 4 aromatic rings. The second-order valence-electron chi connectivity index (χ2n) is 12.9. The smallest absolute Gasteiger partial charge is 0.263 e. The lowest BCUT2D eigenvalue weighted by Crippen LogP contribution is -2.40. The third-order valence-electron chi connectivity index (χ3n) is 8.95. The number of ketones is 1. The van der Waals surface area contributed by atoms with Crippen LogP contribution in [0.25, 0.3) is 22.2 Å². The van der Waals surface area contributed by atoms with Gasteiger partial charge in [-0.3, -0.25) is 14.2 Å². The van der Waals surface area contributed by atoms with Gasteiger partial charge in [0.05, 0.1) is 12.2 Å². The van der Waals surface area contributed by atoms with E-state index in [4.69, 9.17) is 9.41 Å². The summed E-state index contributed by atoms with van der Waals surface area (Å²) in [5.74, 6) is 0.728. The largest absolute Gasteiger partial charge is 0.413 e. The standard InChI is InChI=1S/C33H41N5O3Si/c1-21-27-19-35-32(37-30(27)38(26-10-8-9-11-26)31(40)29(21)22(2)39)36-28-17-16-25(18-34-28)24-14-12-23(13-15-24)20-41-42(6,7)33(3,4)5/h12-19,26H,8-11,20H2,1-7H3,(H,34,35,36,37). The van der Waals surface area contributed by atoms with E-state index >= 15 is 0 Å². The Morgan fingerprint density at radius 2 is 1.69 bits per heavy atom. The van der Waals surface area contributed by atoms with Gasteiger partial charge in [-0.1, -0.05) is 57.9 Å². The highest BCUT2D eigenvalue weighted by molar-refractivity contribution is 6.74. The fourth-order valence-electron chi connectivity index (χ4n) is 5.34. The number of pyridine rings is 2. The van der Waals surface area contributed by atoms with Gasteiger partial charge in [0, 0.05) is 29.4 Å². The van der Waals surface area contributed by atoms with Gasteiger partial charge in [0.2, 0.25) is 5.95 Å². The van der Waals surface area contributed by atoms with Crippen LogP contribution in [0.15, 0.2) is 53.6 Å². The van der Waals surface area contributed by atoms with Crippen LogP contribution < -0.4 is 10.9 Å². The molecule has 1 aliphatic rings. The van der Waals surface area contributed by atoms with Crippen molar-refractivity contribution < 1.29 is 9.22 Å². The number of aromatic nitrogens is 4. The Bertz CT molecular complexity index is 1670. The fourth-order valence-corrected chi connectivity index (χ4v) is 6.30. The molecule has 42 heavy (non-hydrogen) atoms. The molecule has 1 fully saturated rings. The fraction of sp³-hybridized carbons (Fsp3) is 0.424. The van der Waals surface area contributed by atoms with E-state index in [0.717, 1.165) is 47.8 Å². The van der Waals surface area contributed by atoms with E-state index in [1.807, 2.05) is 18.3 Å². The van der Waals surface area contributed by atoms with Crippen molar-refractivity contribution in [3.8, 4) is 11.1 Å².